The summed E-state index contributed by atoms with van der Waals surface area (Å²) in [5.41, 5.74) is 5.72. The molecule has 3 nitrogen and oxygen atoms in total. The fraction of sp³-hybridized carbons (Fsp3) is 0.923. The van der Waals surface area contributed by atoms with Gasteiger partial charge in [-0.3, -0.25) is 4.79 Å². The highest BCUT2D eigenvalue weighted by molar-refractivity contribution is 7.99. The highest BCUT2D eigenvalue weighted by Crippen LogP contribution is 2.18. The quantitative estimate of drug-likeness (QED) is 0.766. The molecule has 100 valence electrons. The third kappa shape index (κ3) is 6.32. The highest BCUT2D eigenvalue weighted by Gasteiger charge is 2.18. The Morgan fingerprint density at radius 3 is 2.59 bits per heavy atom. The third-order valence-electron chi connectivity index (χ3n) is 3.20. The van der Waals surface area contributed by atoms with E-state index in [-0.39, 0.29) is 5.91 Å². The van der Waals surface area contributed by atoms with Gasteiger partial charge in [-0.15, -0.1) is 0 Å². The summed E-state index contributed by atoms with van der Waals surface area (Å²) < 4.78 is 0. The van der Waals surface area contributed by atoms with Crippen molar-refractivity contribution >= 4 is 17.7 Å². The molecule has 17 heavy (non-hydrogen) atoms. The minimum Gasteiger partial charge on any atom is -0.353 e. The van der Waals surface area contributed by atoms with E-state index in [2.05, 4.69) is 19.2 Å². The summed E-state index contributed by atoms with van der Waals surface area (Å²) in [5, 5.41) is 3.15. The summed E-state index contributed by atoms with van der Waals surface area (Å²) in [7, 11) is 0. The van der Waals surface area contributed by atoms with E-state index in [0.29, 0.717) is 30.8 Å². The number of amides is 1. The van der Waals surface area contributed by atoms with Gasteiger partial charge in [-0.1, -0.05) is 13.8 Å². The molecule has 0 radical (unpaired) electrons. The first kappa shape index (κ1) is 14.8. The summed E-state index contributed by atoms with van der Waals surface area (Å²) in [6.07, 6.45) is 3.88. The first-order valence-electron chi connectivity index (χ1n) is 6.69. The fourth-order valence-corrected chi connectivity index (χ4v) is 3.43. The van der Waals surface area contributed by atoms with Crippen LogP contribution in [0.1, 0.15) is 39.5 Å². The molecule has 1 fully saturated rings. The lowest BCUT2D eigenvalue weighted by Gasteiger charge is -2.24. The molecule has 1 aliphatic rings. The standard InChI is InChI=1S/C13H26N2OS/c1-10(2)7-11(9-14)8-13(16)15-12-3-5-17-6-4-12/h10-12H,3-9,14H2,1-2H3,(H,15,16)/t11-/m0/s1. The van der Waals surface area contributed by atoms with Gasteiger partial charge in [0.1, 0.15) is 0 Å². The molecule has 3 N–H and O–H groups in total. The summed E-state index contributed by atoms with van der Waals surface area (Å²) >= 11 is 1.98. The molecule has 1 saturated heterocycles. The molecular weight excluding hydrogens is 232 g/mol. The second-order valence-electron chi connectivity index (χ2n) is 5.39. The Bertz CT molecular complexity index is 227. The molecule has 0 bridgehead atoms. The number of thioether (sulfide) groups is 1. The van der Waals surface area contributed by atoms with Gasteiger partial charge in [0.15, 0.2) is 0 Å². The number of carbonyl (C=O) groups excluding carboxylic acids is 1. The van der Waals surface area contributed by atoms with Crippen molar-refractivity contribution in [2.75, 3.05) is 18.1 Å². The zero-order chi connectivity index (χ0) is 12.7. The topological polar surface area (TPSA) is 55.1 Å². The number of carbonyl (C=O) groups is 1. The molecule has 0 aromatic carbocycles. The normalized spacial score (nSPS) is 19.3. The molecule has 1 amide bonds. The van der Waals surface area contributed by atoms with Crippen LogP contribution in [0.2, 0.25) is 0 Å². The predicted molar refractivity (Wildman–Crippen MR) is 75.1 cm³/mol. The van der Waals surface area contributed by atoms with Crippen molar-refractivity contribution in [3.05, 3.63) is 0 Å². The molecule has 0 saturated carbocycles. The third-order valence-corrected chi connectivity index (χ3v) is 4.25. The molecule has 1 heterocycles. The van der Waals surface area contributed by atoms with Crippen molar-refractivity contribution in [1.82, 2.24) is 5.32 Å². The SMILES string of the molecule is CC(C)C[C@H](CN)CC(=O)NC1CCSCC1. The minimum atomic E-state index is 0.193. The molecule has 1 aliphatic heterocycles. The molecule has 0 unspecified atom stereocenters. The second-order valence-corrected chi connectivity index (χ2v) is 6.61. The Kier molecular flexibility index (Phi) is 6.97. The molecule has 0 aromatic rings. The van der Waals surface area contributed by atoms with Crippen LogP contribution >= 0.6 is 11.8 Å². The lowest BCUT2D eigenvalue weighted by atomic mass is 9.94. The molecule has 0 aliphatic carbocycles. The van der Waals surface area contributed by atoms with Gasteiger partial charge in [-0.25, -0.2) is 0 Å². The van der Waals surface area contributed by atoms with E-state index in [4.69, 9.17) is 5.73 Å². The largest absolute Gasteiger partial charge is 0.353 e. The van der Waals surface area contributed by atoms with Crippen molar-refractivity contribution in [1.29, 1.82) is 0 Å². The average molecular weight is 258 g/mol. The molecule has 0 spiro atoms. The van der Waals surface area contributed by atoms with Crippen LogP contribution in [0, 0.1) is 11.8 Å². The maximum atomic E-state index is 11.9. The van der Waals surface area contributed by atoms with E-state index in [1.54, 1.807) is 0 Å². The zero-order valence-corrected chi connectivity index (χ0v) is 11.9. The lowest BCUT2D eigenvalue weighted by Crippen LogP contribution is -2.38. The Morgan fingerprint density at radius 1 is 1.41 bits per heavy atom. The number of hydrogen-bond donors (Lipinski definition) is 2. The maximum Gasteiger partial charge on any atom is 0.220 e. The van der Waals surface area contributed by atoms with Crippen molar-refractivity contribution in [2.24, 2.45) is 17.6 Å². The number of rotatable bonds is 6. The van der Waals surface area contributed by atoms with Gasteiger partial charge in [0.2, 0.25) is 5.91 Å². The van der Waals surface area contributed by atoms with E-state index in [1.165, 1.54) is 11.5 Å². The van der Waals surface area contributed by atoms with E-state index in [1.807, 2.05) is 11.8 Å². The Morgan fingerprint density at radius 2 is 2.06 bits per heavy atom. The van der Waals surface area contributed by atoms with Crippen LogP contribution in [0.5, 0.6) is 0 Å². The smallest absolute Gasteiger partial charge is 0.220 e. The Labute approximate surface area is 109 Å². The summed E-state index contributed by atoms with van der Waals surface area (Å²) in [5.74, 6) is 3.50. The van der Waals surface area contributed by atoms with Crippen LogP contribution < -0.4 is 11.1 Å². The van der Waals surface area contributed by atoms with Crippen molar-refractivity contribution in [2.45, 2.75) is 45.6 Å². The summed E-state index contributed by atoms with van der Waals surface area (Å²) in [4.78, 5) is 11.9. The highest BCUT2D eigenvalue weighted by atomic mass is 32.2. The summed E-state index contributed by atoms with van der Waals surface area (Å²) in [6, 6.07) is 0.404. The van der Waals surface area contributed by atoms with E-state index >= 15 is 0 Å². The zero-order valence-electron chi connectivity index (χ0n) is 11.1. The van der Waals surface area contributed by atoms with E-state index in [0.717, 1.165) is 19.3 Å². The first-order chi connectivity index (χ1) is 8.11. The van der Waals surface area contributed by atoms with E-state index < -0.39 is 0 Å². The van der Waals surface area contributed by atoms with Gasteiger partial charge in [-0.05, 0) is 49.1 Å². The van der Waals surface area contributed by atoms with Gasteiger partial charge in [-0.2, -0.15) is 11.8 Å². The maximum absolute atomic E-state index is 11.9. The van der Waals surface area contributed by atoms with E-state index in [9.17, 15) is 4.79 Å². The van der Waals surface area contributed by atoms with Crippen molar-refractivity contribution in [3.63, 3.8) is 0 Å². The van der Waals surface area contributed by atoms with Gasteiger partial charge >= 0.3 is 0 Å². The first-order valence-corrected chi connectivity index (χ1v) is 7.84. The molecule has 1 atom stereocenters. The monoisotopic (exact) mass is 258 g/mol. The Balaban J connectivity index is 2.26. The average Bonchev–Trinajstić information content (AvgIpc) is 2.28. The van der Waals surface area contributed by atoms with Crippen LogP contribution in [0.15, 0.2) is 0 Å². The number of hydrogen-bond acceptors (Lipinski definition) is 3. The van der Waals surface area contributed by atoms with Gasteiger partial charge in [0.05, 0.1) is 0 Å². The van der Waals surface area contributed by atoms with Crippen molar-refractivity contribution in [3.8, 4) is 0 Å². The van der Waals surface area contributed by atoms with Gasteiger partial charge < -0.3 is 11.1 Å². The predicted octanol–water partition coefficient (Wildman–Crippen LogP) is 2.01. The van der Waals surface area contributed by atoms with Crippen LogP contribution in [-0.2, 0) is 4.79 Å². The van der Waals surface area contributed by atoms with Gasteiger partial charge in [0.25, 0.3) is 0 Å². The number of nitrogens with two attached hydrogens (primary N) is 1. The molecule has 0 aromatic heterocycles. The van der Waals surface area contributed by atoms with Crippen LogP contribution in [0.4, 0.5) is 0 Å². The van der Waals surface area contributed by atoms with Crippen LogP contribution in [0.3, 0.4) is 0 Å². The van der Waals surface area contributed by atoms with Crippen molar-refractivity contribution < 1.29 is 4.79 Å². The van der Waals surface area contributed by atoms with Crippen LogP contribution in [-0.4, -0.2) is 30.0 Å². The molecule has 1 rings (SSSR count). The fourth-order valence-electron chi connectivity index (χ4n) is 2.32. The molecular formula is C13H26N2OS. The lowest BCUT2D eigenvalue weighted by molar-refractivity contribution is -0.122. The second kappa shape index (κ2) is 7.98. The number of nitrogens with one attached hydrogen (secondary N) is 1. The Hall–Kier alpha value is -0.220. The molecule has 4 heteroatoms. The van der Waals surface area contributed by atoms with Gasteiger partial charge in [0, 0.05) is 12.5 Å². The minimum absolute atomic E-state index is 0.193. The van der Waals surface area contributed by atoms with Crippen LogP contribution in [0.25, 0.3) is 0 Å². The summed E-state index contributed by atoms with van der Waals surface area (Å²) in [6.45, 7) is 4.98.